The highest BCUT2D eigenvalue weighted by Gasteiger charge is 2.20. The molecule has 1 aromatic rings. The summed E-state index contributed by atoms with van der Waals surface area (Å²) in [4.78, 5) is 17.1. The van der Waals surface area contributed by atoms with E-state index in [0.717, 1.165) is 43.7 Å². The third-order valence-electron chi connectivity index (χ3n) is 3.99. The summed E-state index contributed by atoms with van der Waals surface area (Å²) in [6.07, 6.45) is 6.33. The fourth-order valence-corrected chi connectivity index (χ4v) is 2.56. The van der Waals surface area contributed by atoms with Crippen molar-refractivity contribution < 1.29 is 0 Å². The van der Waals surface area contributed by atoms with Crippen LogP contribution in [0.1, 0.15) is 63.9 Å². The zero-order valence-electron chi connectivity index (χ0n) is 15.4. The van der Waals surface area contributed by atoms with Crippen LogP contribution in [0.4, 0.5) is 0 Å². The predicted octanol–water partition coefficient (Wildman–Crippen LogP) is 4.06. The second-order valence-corrected chi connectivity index (χ2v) is 5.60. The van der Waals surface area contributed by atoms with Gasteiger partial charge in [0.2, 0.25) is 0 Å². The van der Waals surface area contributed by atoms with Crippen LogP contribution < -0.4 is 5.69 Å². The van der Waals surface area contributed by atoms with Gasteiger partial charge >= 0.3 is 5.69 Å². The van der Waals surface area contributed by atoms with E-state index < -0.39 is 0 Å². The van der Waals surface area contributed by atoms with Gasteiger partial charge in [-0.1, -0.05) is 26.8 Å². The Labute approximate surface area is 136 Å². The monoisotopic (exact) mass is 309 g/mol. The number of aryl methyl sites for hydroxylation is 1. The Balaban J connectivity index is 0.000000640. The molecular formula is C18H35N3O. The van der Waals surface area contributed by atoms with Crippen molar-refractivity contribution in [1.82, 2.24) is 14.5 Å². The molecule has 1 N–H and O–H groups in total. The van der Waals surface area contributed by atoms with Gasteiger partial charge in [0.1, 0.15) is 0 Å². The zero-order valence-corrected chi connectivity index (χ0v) is 15.4. The molecule has 1 atom stereocenters. The Kier molecular flexibility index (Phi) is 10.6. The highest BCUT2D eigenvalue weighted by Crippen LogP contribution is 2.22. The number of rotatable bonds is 2. The van der Waals surface area contributed by atoms with Crippen LogP contribution in [0.3, 0.4) is 0 Å². The van der Waals surface area contributed by atoms with E-state index >= 15 is 0 Å². The summed E-state index contributed by atoms with van der Waals surface area (Å²) in [6, 6.07) is 0.377. The molecule has 0 bridgehead atoms. The van der Waals surface area contributed by atoms with Crippen LogP contribution in [0.25, 0.3) is 0 Å². The van der Waals surface area contributed by atoms with Gasteiger partial charge in [-0.2, -0.15) is 0 Å². The molecule has 1 fully saturated rings. The average Bonchev–Trinajstić information content (AvgIpc) is 2.69. The maximum atomic E-state index is 11.8. The maximum absolute atomic E-state index is 11.8. The van der Waals surface area contributed by atoms with Gasteiger partial charge in [0.25, 0.3) is 0 Å². The summed E-state index contributed by atoms with van der Waals surface area (Å²) in [7, 11) is 2.15. The predicted molar refractivity (Wildman–Crippen MR) is 96.7 cm³/mol. The van der Waals surface area contributed by atoms with Crippen molar-refractivity contribution in [2.24, 2.45) is 0 Å². The van der Waals surface area contributed by atoms with E-state index in [1.54, 1.807) is 0 Å². The molecule has 4 heteroatoms. The summed E-state index contributed by atoms with van der Waals surface area (Å²) in [6.45, 7) is 15.8. The highest BCUT2D eigenvalue weighted by atomic mass is 16.1. The standard InChI is InChI=1S/C12H21N3O.C4H8.C2H6/c1-9-10(2)15(12(16)13-9)11-5-4-7-14(3)8-6-11;1-3-4-2;1-2/h11H,4-8H2,1-3H3,(H,13,16);3H,1,4H2,2H3;1-2H3. The van der Waals surface area contributed by atoms with Gasteiger partial charge in [-0.3, -0.25) is 4.57 Å². The van der Waals surface area contributed by atoms with Crippen molar-refractivity contribution in [1.29, 1.82) is 0 Å². The second kappa shape index (κ2) is 11.3. The molecule has 1 aliphatic rings. The van der Waals surface area contributed by atoms with Gasteiger partial charge in [-0.05, 0) is 59.7 Å². The van der Waals surface area contributed by atoms with Crippen molar-refractivity contribution in [3.05, 3.63) is 34.5 Å². The number of H-pyrrole nitrogens is 1. The largest absolute Gasteiger partial charge is 0.326 e. The van der Waals surface area contributed by atoms with Gasteiger partial charge in [0, 0.05) is 17.4 Å². The molecule has 22 heavy (non-hydrogen) atoms. The van der Waals surface area contributed by atoms with E-state index in [0.29, 0.717) is 6.04 Å². The molecule has 0 amide bonds. The molecule has 2 rings (SSSR count). The van der Waals surface area contributed by atoms with E-state index in [1.165, 1.54) is 6.42 Å². The first-order chi connectivity index (χ1) is 10.5. The third-order valence-corrected chi connectivity index (χ3v) is 3.99. The first-order valence-electron chi connectivity index (χ1n) is 8.58. The molecule has 0 saturated carbocycles. The minimum Gasteiger partial charge on any atom is -0.310 e. The molecule has 0 aliphatic carbocycles. The summed E-state index contributed by atoms with van der Waals surface area (Å²) in [5.41, 5.74) is 2.16. The first-order valence-corrected chi connectivity index (χ1v) is 8.58. The number of nitrogens with zero attached hydrogens (tertiary/aromatic N) is 2. The lowest BCUT2D eigenvalue weighted by Gasteiger charge is -2.17. The van der Waals surface area contributed by atoms with E-state index in [2.05, 4.69) is 30.4 Å². The molecule has 2 heterocycles. The molecule has 1 saturated heterocycles. The molecule has 1 unspecified atom stereocenters. The Bertz CT molecular complexity index is 473. The summed E-state index contributed by atoms with van der Waals surface area (Å²) in [5, 5.41) is 0. The molecule has 0 aromatic carbocycles. The number of hydrogen-bond donors (Lipinski definition) is 1. The van der Waals surface area contributed by atoms with Crippen molar-refractivity contribution in [2.45, 2.75) is 66.3 Å². The Morgan fingerprint density at radius 3 is 2.32 bits per heavy atom. The van der Waals surface area contributed by atoms with Gasteiger partial charge in [0.15, 0.2) is 0 Å². The van der Waals surface area contributed by atoms with Crippen LogP contribution in [0.15, 0.2) is 17.4 Å². The van der Waals surface area contributed by atoms with E-state index in [4.69, 9.17) is 0 Å². The van der Waals surface area contributed by atoms with Gasteiger partial charge < -0.3 is 9.88 Å². The number of aromatic amines is 1. The molecule has 1 aromatic heterocycles. The summed E-state index contributed by atoms with van der Waals surface area (Å²) >= 11 is 0. The average molecular weight is 309 g/mol. The van der Waals surface area contributed by atoms with Gasteiger partial charge in [-0.15, -0.1) is 6.58 Å². The SMILES string of the molecule is C=CCC.CC.Cc1[nH]c(=O)n(C2CCCN(C)CC2)c1C. The number of imidazole rings is 1. The van der Waals surface area contributed by atoms with Crippen LogP contribution >= 0.6 is 0 Å². The minimum absolute atomic E-state index is 0.0598. The number of hydrogen-bond acceptors (Lipinski definition) is 2. The van der Waals surface area contributed by atoms with Gasteiger partial charge in [0.05, 0.1) is 0 Å². The Morgan fingerprint density at radius 1 is 1.27 bits per heavy atom. The number of nitrogens with one attached hydrogen (secondary N) is 1. The van der Waals surface area contributed by atoms with Crippen molar-refractivity contribution in [3.63, 3.8) is 0 Å². The zero-order chi connectivity index (χ0) is 17.1. The summed E-state index contributed by atoms with van der Waals surface area (Å²) in [5.74, 6) is 0. The lowest BCUT2D eigenvalue weighted by Crippen LogP contribution is -2.25. The van der Waals surface area contributed by atoms with Crippen molar-refractivity contribution >= 4 is 0 Å². The van der Waals surface area contributed by atoms with E-state index in [-0.39, 0.29) is 5.69 Å². The van der Waals surface area contributed by atoms with E-state index in [1.807, 2.05) is 38.3 Å². The molecule has 128 valence electrons. The van der Waals surface area contributed by atoms with Crippen molar-refractivity contribution in [2.75, 3.05) is 20.1 Å². The quantitative estimate of drug-likeness (QED) is 0.837. The van der Waals surface area contributed by atoms with Crippen molar-refractivity contribution in [3.8, 4) is 0 Å². The van der Waals surface area contributed by atoms with Crippen LogP contribution in [0.5, 0.6) is 0 Å². The topological polar surface area (TPSA) is 41.0 Å². The fraction of sp³-hybridized carbons (Fsp3) is 0.722. The molecule has 0 spiro atoms. The molecule has 1 aliphatic heterocycles. The molecule has 4 nitrogen and oxygen atoms in total. The molecule has 0 radical (unpaired) electrons. The third kappa shape index (κ3) is 6.22. The van der Waals surface area contributed by atoms with E-state index in [9.17, 15) is 4.79 Å². The van der Waals surface area contributed by atoms with Crippen LogP contribution in [-0.4, -0.2) is 34.6 Å². The highest BCUT2D eigenvalue weighted by molar-refractivity contribution is 5.10. The smallest absolute Gasteiger partial charge is 0.310 e. The maximum Gasteiger partial charge on any atom is 0.326 e. The number of allylic oxidation sites excluding steroid dienone is 1. The normalized spacial score (nSPS) is 18.4. The van der Waals surface area contributed by atoms with Crippen LogP contribution in [0, 0.1) is 13.8 Å². The van der Waals surface area contributed by atoms with Crippen LogP contribution in [0.2, 0.25) is 0 Å². The fourth-order valence-electron chi connectivity index (χ4n) is 2.56. The Hall–Kier alpha value is -1.29. The lowest BCUT2D eigenvalue weighted by atomic mass is 10.1. The first kappa shape index (κ1) is 20.7. The van der Waals surface area contributed by atoms with Gasteiger partial charge in [-0.25, -0.2) is 4.79 Å². The summed E-state index contributed by atoms with van der Waals surface area (Å²) < 4.78 is 1.95. The minimum atomic E-state index is 0.0598. The van der Waals surface area contributed by atoms with Crippen LogP contribution in [-0.2, 0) is 0 Å². The second-order valence-electron chi connectivity index (χ2n) is 5.60. The Morgan fingerprint density at radius 2 is 1.86 bits per heavy atom. The molecular weight excluding hydrogens is 274 g/mol. The lowest BCUT2D eigenvalue weighted by molar-refractivity contribution is 0.339. The number of likely N-dealkylation sites (tertiary alicyclic amines) is 1. The number of aromatic nitrogens is 2.